The van der Waals surface area contributed by atoms with Crippen molar-refractivity contribution >= 4 is 35.2 Å². The molecular formula is C25H33N3O3S. The van der Waals surface area contributed by atoms with Crippen molar-refractivity contribution in [3.63, 3.8) is 0 Å². The molecule has 1 spiro atoms. The number of aryl methyl sites for hydroxylation is 1. The van der Waals surface area contributed by atoms with Gasteiger partial charge in [0.05, 0.1) is 11.8 Å². The zero-order valence-electron chi connectivity index (χ0n) is 19.2. The Morgan fingerprint density at radius 2 is 1.78 bits per heavy atom. The molecular weight excluding hydrogens is 422 g/mol. The normalized spacial score (nSPS) is 32.4. The summed E-state index contributed by atoms with van der Waals surface area (Å²) >= 11 is 1.73. The van der Waals surface area contributed by atoms with Gasteiger partial charge in [0.2, 0.25) is 17.7 Å². The van der Waals surface area contributed by atoms with E-state index >= 15 is 0 Å². The molecule has 7 heteroatoms. The first-order valence-corrected chi connectivity index (χ1v) is 13.4. The van der Waals surface area contributed by atoms with E-state index in [1.165, 1.54) is 0 Å². The van der Waals surface area contributed by atoms with Gasteiger partial charge < -0.3 is 5.32 Å². The van der Waals surface area contributed by atoms with Gasteiger partial charge in [0, 0.05) is 23.3 Å². The number of imide groups is 1. The smallest absolute Gasteiger partial charge is 0.250 e. The first-order chi connectivity index (χ1) is 15.4. The molecule has 6 nitrogen and oxygen atoms in total. The Labute approximate surface area is 194 Å². The number of fused-ring (bicyclic) bond motifs is 4. The largest absolute Gasteiger partial charge is 0.324 e. The number of hydrogen-bond donors (Lipinski definition) is 2. The molecule has 1 aromatic rings. The summed E-state index contributed by atoms with van der Waals surface area (Å²) in [6.45, 7) is 4.03. The average Bonchev–Trinajstić information content (AvgIpc) is 3.24. The Balaban J connectivity index is 1.61. The van der Waals surface area contributed by atoms with Crippen LogP contribution in [0.3, 0.4) is 0 Å². The molecule has 0 aromatic heterocycles. The van der Waals surface area contributed by atoms with Gasteiger partial charge in [-0.05, 0) is 56.2 Å². The van der Waals surface area contributed by atoms with Crippen LogP contribution < -0.4 is 10.6 Å². The third-order valence-corrected chi connectivity index (χ3v) is 8.92. The predicted molar refractivity (Wildman–Crippen MR) is 126 cm³/mol. The van der Waals surface area contributed by atoms with Gasteiger partial charge in [0.25, 0.3) is 0 Å². The second kappa shape index (κ2) is 8.17. The van der Waals surface area contributed by atoms with Crippen molar-refractivity contribution in [3.8, 4) is 0 Å². The van der Waals surface area contributed by atoms with E-state index in [2.05, 4.69) is 10.6 Å². The van der Waals surface area contributed by atoms with E-state index in [9.17, 15) is 14.4 Å². The number of amides is 3. The van der Waals surface area contributed by atoms with Crippen molar-refractivity contribution in [2.75, 3.05) is 17.3 Å². The Hall–Kier alpha value is -1.86. The van der Waals surface area contributed by atoms with E-state index in [4.69, 9.17) is 0 Å². The van der Waals surface area contributed by atoms with Gasteiger partial charge >= 0.3 is 0 Å². The highest BCUT2D eigenvalue weighted by atomic mass is 32.2. The van der Waals surface area contributed by atoms with E-state index < -0.39 is 17.4 Å². The lowest BCUT2D eigenvalue weighted by Gasteiger charge is -2.32. The summed E-state index contributed by atoms with van der Waals surface area (Å²) in [4.78, 5) is 43.0. The number of thioether (sulfide) groups is 1. The minimum Gasteiger partial charge on any atom is -0.324 e. The molecule has 1 saturated carbocycles. The number of likely N-dealkylation sites (tertiary alicyclic amines) is 1. The Bertz CT molecular complexity index is 971. The standard InChI is InChI=1S/C25H33N3O3S/c1-14-10-11-17-21(15(14)2)26-24(31)25(17)20-19(18(27-25)12-13-32-3)22(29)28(23(20)30)16-8-6-4-5-7-9-16/h10-11,16,18-20,27H,4-9,12-13H2,1-3H3,(H,26,31)/t18-,19-,20+,25+/m1/s1. The van der Waals surface area contributed by atoms with Gasteiger partial charge in [0.1, 0.15) is 5.54 Å². The minimum atomic E-state index is -1.16. The highest BCUT2D eigenvalue weighted by Gasteiger charge is 2.70. The first-order valence-electron chi connectivity index (χ1n) is 12.0. The van der Waals surface area contributed by atoms with Gasteiger partial charge in [-0.25, -0.2) is 0 Å². The van der Waals surface area contributed by atoms with Gasteiger partial charge in [-0.3, -0.25) is 24.6 Å². The van der Waals surface area contributed by atoms with Crippen molar-refractivity contribution in [2.24, 2.45) is 11.8 Å². The topological polar surface area (TPSA) is 78.5 Å². The maximum absolute atomic E-state index is 14.0. The number of carbonyl (C=O) groups is 3. The molecule has 2 saturated heterocycles. The van der Waals surface area contributed by atoms with Crippen LogP contribution in [0.2, 0.25) is 0 Å². The predicted octanol–water partition coefficient (Wildman–Crippen LogP) is 3.50. The van der Waals surface area contributed by atoms with Crippen LogP contribution in [0.25, 0.3) is 0 Å². The molecule has 0 radical (unpaired) electrons. The van der Waals surface area contributed by atoms with Crippen LogP contribution in [-0.2, 0) is 19.9 Å². The molecule has 1 aromatic carbocycles. The van der Waals surface area contributed by atoms with Crippen LogP contribution >= 0.6 is 11.8 Å². The number of nitrogens with one attached hydrogen (secondary N) is 2. The fraction of sp³-hybridized carbons (Fsp3) is 0.640. The second-order valence-corrected chi connectivity index (χ2v) is 10.9. The van der Waals surface area contributed by atoms with Crippen LogP contribution in [0.15, 0.2) is 12.1 Å². The van der Waals surface area contributed by atoms with E-state index in [1.54, 1.807) is 16.7 Å². The van der Waals surface area contributed by atoms with Gasteiger partial charge in [-0.15, -0.1) is 0 Å². The molecule has 4 atom stereocenters. The number of carbonyl (C=O) groups excluding carboxylic acids is 3. The molecule has 2 N–H and O–H groups in total. The van der Waals surface area contributed by atoms with Crippen molar-refractivity contribution < 1.29 is 14.4 Å². The van der Waals surface area contributed by atoms with Gasteiger partial charge in [-0.2, -0.15) is 11.8 Å². The van der Waals surface area contributed by atoms with Crippen LogP contribution in [0.5, 0.6) is 0 Å². The van der Waals surface area contributed by atoms with Gasteiger partial charge in [0.15, 0.2) is 0 Å². The second-order valence-electron chi connectivity index (χ2n) is 9.92. The Kier molecular flexibility index (Phi) is 5.61. The summed E-state index contributed by atoms with van der Waals surface area (Å²) in [6, 6.07) is 3.79. The lowest BCUT2D eigenvalue weighted by Crippen LogP contribution is -2.54. The zero-order chi connectivity index (χ0) is 22.6. The van der Waals surface area contributed by atoms with Crippen molar-refractivity contribution in [1.29, 1.82) is 0 Å². The number of rotatable bonds is 4. The number of nitrogens with zero attached hydrogens (tertiary/aromatic N) is 1. The molecule has 0 unspecified atom stereocenters. The SMILES string of the molecule is CSCC[C@H]1N[C@]2(C(=O)Nc3c2ccc(C)c3C)[C@@H]2C(=O)N(C3CCCCCC3)C(=O)[C@@H]21. The zero-order valence-corrected chi connectivity index (χ0v) is 20.0. The molecule has 3 amide bonds. The third kappa shape index (κ3) is 3.00. The van der Waals surface area contributed by atoms with Gasteiger partial charge in [-0.1, -0.05) is 37.8 Å². The summed E-state index contributed by atoms with van der Waals surface area (Å²) < 4.78 is 0. The highest BCUT2D eigenvalue weighted by Crippen LogP contribution is 2.54. The van der Waals surface area contributed by atoms with Crippen molar-refractivity contribution in [1.82, 2.24) is 10.2 Å². The highest BCUT2D eigenvalue weighted by molar-refractivity contribution is 7.98. The summed E-state index contributed by atoms with van der Waals surface area (Å²) in [5.41, 5.74) is 2.60. The van der Waals surface area contributed by atoms with Crippen LogP contribution in [0, 0.1) is 25.7 Å². The summed E-state index contributed by atoms with van der Waals surface area (Å²) in [5, 5.41) is 6.64. The Morgan fingerprint density at radius 3 is 2.47 bits per heavy atom. The monoisotopic (exact) mass is 455 g/mol. The van der Waals surface area contributed by atoms with E-state index in [-0.39, 0.29) is 29.8 Å². The first kappa shape index (κ1) is 22.0. The molecule has 0 bridgehead atoms. The maximum Gasteiger partial charge on any atom is 0.250 e. The minimum absolute atomic E-state index is 0.0231. The molecule has 3 heterocycles. The average molecular weight is 456 g/mol. The third-order valence-electron chi connectivity index (χ3n) is 8.28. The fourth-order valence-electron chi connectivity index (χ4n) is 6.51. The lowest BCUT2D eigenvalue weighted by atomic mass is 9.76. The molecule has 172 valence electrons. The molecule has 3 fully saturated rings. The van der Waals surface area contributed by atoms with Crippen LogP contribution in [0.1, 0.15) is 61.6 Å². The molecule has 3 aliphatic heterocycles. The molecule has 4 aliphatic rings. The van der Waals surface area contributed by atoms with Crippen LogP contribution in [0.4, 0.5) is 5.69 Å². The summed E-state index contributed by atoms with van der Waals surface area (Å²) in [5.74, 6) is -0.667. The molecule has 5 rings (SSSR count). The quantitative estimate of drug-likeness (QED) is 0.537. The molecule has 32 heavy (non-hydrogen) atoms. The molecule has 1 aliphatic carbocycles. The van der Waals surface area contributed by atoms with E-state index in [0.29, 0.717) is 0 Å². The number of anilines is 1. The van der Waals surface area contributed by atoms with E-state index in [0.717, 1.165) is 73.1 Å². The lowest BCUT2D eigenvalue weighted by molar-refractivity contribution is -0.145. The Morgan fingerprint density at radius 1 is 1.06 bits per heavy atom. The van der Waals surface area contributed by atoms with Crippen molar-refractivity contribution in [2.45, 2.75) is 76.4 Å². The summed E-state index contributed by atoms with van der Waals surface area (Å²) in [7, 11) is 0. The maximum atomic E-state index is 14.0. The number of hydrogen-bond acceptors (Lipinski definition) is 5. The fourth-order valence-corrected chi connectivity index (χ4v) is 7.00. The van der Waals surface area contributed by atoms with Crippen LogP contribution in [-0.4, -0.2) is 46.7 Å². The number of benzene rings is 1. The summed E-state index contributed by atoms with van der Waals surface area (Å²) in [6.07, 6.45) is 9.00. The van der Waals surface area contributed by atoms with E-state index in [1.807, 2.05) is 32.2 Å². The van der Waals surface area contributed by atoms with Crippen molar-refractivity contribution in [3.05, 3.63) is 28.8 Å².